The lowest BCUT2D eigenvalue weighted by atomic mass is 10.0. The molecule has 4 heteroatoms. The van der Waals surface area contributed by atoms with Crippen molar-refractivity contribution in [3.63, 3.8) is 0 Å². The third kappa shape index (κ3) is 2.13. The van der Waals surface area contributed by atoms with Gasteiger partial charge in [0.05, 0.1) is 25.4 Å². The van der Waals surface area contributed by atoms with Gasteiger partial charge in [-0.3, -0.25) is 0 Å². The largest absolute Gasteiger partial charge is 0.394 e. The van der Waals surface area contributed by atoms with Crippen LogP contribution in [0.2, 0.25) is 0 Å². The van der Waals surface area contributed by atoms with Crippen LogP contribution in [0.1, 0.15) is 12.8 Å². The van der Waals surface area contributed by atoms with Crippen molar-refractivity contribution in [2.24, 2.45) is 0 Å². The van der Waals surface area contributed by atoms with E-state index in [2.05, 4.69) is 5.32 Å². The van der Waals surface area contributed by atoms with E-state index in [4.69, 9.17) is 15.3 Å². The van der Waals surface area contributed by atoms with Crippen LogP contribution in [0.15, 0.2) is 0 Å². The van der Waals surface area contributed by atoms with Crippen LogP contribution < -0.4 is 5.32 Å². The van der Waals surface area contributed by atoms with Crippen LogP contribution in [0.5, 0.6) is 0 Å². The highest BCUT2D eigenvalue weighted by molar-refractivity contribution is 4.94. The van der Waals surface area contributed by atoms with Gasteiger partial charge in [-0.1, -0.05) is 0 Å². The average molecular weight is 161 g/mol. The smallest absolute Gasteiger partial charge is 0.0883 e. The van der Waals surface area contributed by atoms with Crippen molar-refractivity contribution in [3.8, 4) is 0 Å². The minimum Gasteiger partial charge on any atom is -0.394 e. The fourth-order valence-electron chi connectivity index (χ4n) is 0.948. The number of aliphatic hydroxyl groups excluding tert-OH is 3. The Kier molecular flexibility index (Phi) is 2.84. The fraction of sp³-hybridized carbons (Fsp3) is 1.00. The van der Waals surface area contributed by atoms with Crippen molar-refractivity contribution >= 4 is 0 Å². The van der Waals surface area contributed by atoms with Gasteiger partial charge < -0.3 is 20.6 Å². The summed E-state index contributed by atoms with van der Waals surface area (Å²) in [7, 11) is 0. The molecule has 1 fully saturated rings. The summed E-state index contributed by atoms with van der Waals surface area (Å²) in [5.41, 5.74) is -0.874. The molecule has 0 bridgehead atoms. The molecule has 0 saturated heterocycles. The van der Waals surface area contributed by atoms with Crippen molar-refractivity contribution < 1.29 is 15.3 Å². The van der Waals surface area contributed by atoms with E-state index in [1.807, 2.05) is 0 Å². The monoisotopic (exact) mass is 161 g/mol. The Morgan fingerprint density at radius 2 is 1.55 bits per heavy atom. The molecule has 0 aromatic rings. The molecule has 0 amide bonds. The van der Waals surface area contributed by atoms with Crippen molar-refractivity contribution in [3.05, 3.63) is 0 Å². The maximum Gasteiger partial charge on any atom is 0.0883 e. The van der Waals surface area contributed by atoms with Crippen molar-refractivity contribution in [1.29, 1.82) is 0 Å². The lowest BCUT2D eigenvalue weighted by Crippen LogP contribution is -2.55. The average Bonchev–Trinajstić information content (AvgIpc) is 2.84. The van der Waals surface area contributed by atoms with Gasteiger partial charge in [0, 0.05) is 6.04 Å². The third-order valence-corrected chi connectivity index (χ3v) is 2.00. The first kappa shape index (κ1) is 8.93. The van der Waals surface area contributed by atoms with E-state index in [1.54, 1.807) is 0 Å². The number of hydrogen-bond acceptors (Lipinski definition) is 4. The molecule has 0 spiro atoms. The summed E-state index contributed by atoms with van der Waals surface area (Å²) < 4.78 is 0. The van der Waals surface area contributed by atoms with E-state index in [0.717, 1.165) is 12.8 Å². The van der Waals surface area contributed by atoms with Gasteiger partial charge in [0.2, 0.25) is 0 Å². The highest BCUT2D eigenvalue weighted by Crippen LogP contribution is 2.22. The first-order chi connectivity index (χ1) is 5.26. The SMILES string of the molecule is OCC(CO)(CO)NC1CC1. The van der Waals surface area contributed by atoms with Crippen LogP contribution in [0.25, 0.3) is 0 Å². The molecular weight excluding hydrogens is 146 g/mol. The topological polar surface area (TPSA) is 72.7 Å². The standard InChI is InChI=1S/C7H15NO3/c9-3-7(4-10,5-11)8-6-1-2-6/h6,8-11H,1-5H2. The minimum absolute atomic E-state index is 0.226. The molecule has 66 valence electrons. The Bertz CT molecular complexity index is 113. The van der Waals surface area contributed by atoms with Crippen LogP contribution in [0, 0.1) is 0 Å². The van der Waals surface area contributed by atoms with Gasteiger partial charge >= 0.3 is 0 Å². The van der Waals surface area contributed by atoms with Gasteiger partial charge in [-0.25, -0.2) is 0 Å². The predicted octanol–water partition coefficient (Wildman–Crippen LogP) is -1.55. The lowest BCUT2D eigenvalue weighted by Gasteiger charge is -2.28. The summed E-state index contributed by atoms with van der Waals surface area (Å²) in [6.45, 7) is -0.677. The second-order valence-corrected chi connectivity index (χ2v) is 3.17. The first-order valence-corrected chi connectivity index (χ1v) is 3.86. The fourth-order valence-corrected chi connectivity index (χ4v) is 0.948. The molecule has 0 heterocycles. The van der Waals surface area contributed by atoms with E-state index in [0.29, 0.717) is 6.04 Å². The number of aliphatic hydroxyl groups is 3. The Morgan fingerprint density at radius 3 is 1.82 bits per heavy atom. The lowest BCUT2D eigenvalue weighted by molar-refractivity contribution is 0.0412. The molecule has 4 nitrogen and oxygen atoms in total. The second-order valence-electron chi connectivity index (χ2n) is 3.17. The number of hydrogen-bond donors (Lipinski definition) is 4. The van der Waals surface area contributed by atoms with Crippen LogP contribution in [-0.4, -0.2) is 46.7 Å². The summed E-state index contributed by atoms with van der Waals surface area (Å²) in [5, 5.41) is 29.6. The molecule has 11 heavy (non-hydrogen) atoms. The first-order valence-electron chi connectivity index (χ1n) is 3.86. The molecule has 0 aromatic heterocycles. The Morgan fingerprint density at radius 1 is 1.09 bits per heavy atom. The summed E-state index contributed by atoms with van der Waals surface area (Å²) in [6.07, 6.45) is 2.14. The second kappa shape index (κ2) is 3.49. The molecule has 0 atom stereocenters. The Labute approximate surface area is 65.9 Å². The van der Waals surface area contributed by atoms with E-state index in [1.165, 1.54) is 0 Å². The molecular formula is C7H15NO3. The Balaban J connectivity index is 2.39. The molecule has 1 aliphatic rings. The molecule has 1 saturated carbocycles. The zero-order valence-corrected chi connectivity index (χ0v) is 6.45. The maximum atomic E-state index is 8.87. The molecule has 0 aliphatic heterocycles. The predicted molar refractivity (Wildman–Crippen MR) is 40.1 cm³/mol. The van der Waals surface area contributed by atoms with Gasteiger partial charge in [-0.15, -0.1) is 0 Å². The quantitative estimate of drug-likeness (QED) is 0.394. The van der Waals surface area contributed by atoms with E-state index in [-0.39, 0.29) is 19.8 Å². The maximum absolute atomic E-state index is 8.87. The van der Waals surface area contributed by atoms with Gasteiger partial charge in [0.1, 0.15) is 0 Å². The number of nitrogens with one attached hydrogen (secondary N) is 1. The van der Waals surface area contributed by atoms with Crippen molar-refractivity contribution in [2.45, 2.75) is 24.4 Å². The van der Waals surface area contributed by atoms with Crippen LogP contribution in [0.3, 0.4) is 0 Å². The van der Waals surface area contributed by atoms with Crippen LogP contribution in [-0.2, 0) is 0 Å². The summed E-state index contributed by atoms with van der Waals surface area (Å²) in [4.78, 5) is 0. The van der Waals surface area contributed by atoms with Crippen LogP contribution in [0.4, 0.5) is 0 Å². The van der Waals surface area contributed by atoms with E-state index >= 15 is 0 Å². The normalized spacial score (nSPS) is 18.8. The summed E-state index contributed by atoms with van der Waals surface area (Å²) in [6, 6.07) is 0.376. The number of rotatable bonds is 5. The molecule has 0 unspecified atom stereocenters. The zero-order valence-electron chi connectivity index (χ0n) is 6.45. The third-order valence-electron chi connectivity index (χ3n) is 2.00. The van der Waals surface area contributed by atoms with Gasteiger partial charge in [0.25, 0.3) is 0 Å². The summed E-state index contributed by atoms with van der Waals surface area (Å²) in [5.74, 6) is 0. The van der Waals surface area contributed by atoms with E-state index in [9.17, 15) is 0 Å². The van der Waals surface area contributed by atoms with Gasteiger partial charge in [0.15, 0.2) is 0 Å². The summed E-state index contributed by atoms with van der Waals surface area (Å²) >= 11 is 0. The van der Waals surface area contributed by atoms with Crippen LogP contribution >= 0.6 is 0 Å². The minimum atomic E-state index is -0.874. The van der Waals surface area contributed by atoms with Gasteiger partial charge in [-0.2, -0.15) is 0 Å². The molecule has 1 aliphatic carbocycles. The molecule has 4 N–H and O–H groups in total. The highest BCUT2D eigenvalue weighted by Gasteiger charge is 2.34. The van der Waals surface area contributed by atoms with Crippen molar-refractivity contribution in [1.82, 2.24) is 5.32 Å². The molecule has 1 rings (SSSR count). The molecule has 0 radical (unpaired) electrons. The van der Waals surface area contributed by atoms with Crippen molar-refractivity contribution in [2.75, 3.05) is 19.8 Å². The van der Waals surface area contributed by atoms with Gasteiger partial charge in [-0.05, 0) is 12.8 Å². The Hall–Kier alpha value is -0.160. The zero-order chi connectivity index (χ0) is 8.32. The highest BCUT2D eigenvalue weighted by atomic mass is 16.3. The molecule has 0 aromatic carbocycles. The van der Waals surface area contributed by atoms with E-state index < -0.39 is 5.54 Å².